The molecule has 0 heterocycles. The van der Waals surface area contributed by atoms with Gasteiger partial charge in [0.1, 0.15) is 11.5 Å². The second-order valence-corrected chi connectivity index (χ2v) is 5.25. The molecule has 0 aliphatic carbocycles. The van der Waals surface area contributed by atoms with Gasteiger partial charge in [0.05, 0.1) is 4.47 Å². The van der Waals surface area contributed by atoms with Crippen molar-refractivity contribution in [1.29, 1.82) is 0 Å². The first-order valence-electron chi connectivity index (χ1n) is 5.86. The van der Waals surface area contributed by atoms with Crippen LogP contribution in [0.3, 0.4) is 0 Å². The molecule has 2 rings (SSSR count). The molecule has 0 aliphatic rings. The van der Waals surface area contributed by atoms with Crippen LogP contribution in [0.2, 0.25) is 0 Å². The number of hydrogen-bond acceptors (Lipinski definition) is 2. The lowest BCUT2D eigenvalue weighted by atomic mass is 10.1. The van der Waals surface area contributed by atoms with Gasteiger partial charge in [0.2, 0.25) is 0 Å². The summed E-state index contributed by atoms with van der Waals surface area (Å²) < 4.78 is 6.73. The second kappa shape index (κ2) is 5.55. The largest absolute Gasteiger partial charge is 0.456 e. The molecule has 2 aromatic rings. The number of rotatable bonds is 3. The molecule has 2 N–H and O–H groups in total. The molecule has 2 aromatic carbocycles. The van der Waals surface area contributed by atoms with Crippen molar-refractivity contribution >= 4 is 15.9 Å². The van der Waals surface area contributed by atoms with E-state index in [4.69, 9.17) is 10.5 Å². The van der Waals surface area contributed by atoms with Crippen LogP contribution in [0.5, 0.6) is 11.5 Å². The third-order valence-electron chi connectivity index (χ3n) is 2.73. The molecule has 18 heavy (non-hydrogen) atoms. The molecule has 2 nitrogen and oxygen atoms in total. The van der Waals surface area contributed by atoms with Gasteiger partial charge >= 0.3 is 0 Å². The average molecular weight is 306 g/mol. The molecule has 1 atom stereocenters. The van der Waals surface area contributed by atoms with Crippen LogP contribution in [0.15, 0.2) is 46.9 Å². The SMILES string of the molecule is Cc1ccc(Oc2ccc([C@@H](C)N)cc2Br)cc1. The van der Waals surface area contributed by atoms with Crippen molar-refractivity contribution in [2.45, 2.75) is 19.9 Å². The quantitative estimate of drug-likeness (QED) is 0.901. The Hall–Kier alpha value is -1.32. The van der Waals surface area contributed by atoms with Gasteiger partial charge in [0.15, 0.2) is 0 Å². The second-order valence-electron chi connectivity index (χ2n) is 4.39. The predicted octanol–water partition coefficient (Wildman–Crippen LogP) is 4.57. The summed E-state index contributed by atoms with van der Waals surface area (Å²) in [7, 11) is 0. The van der Waals surface area contributed by atoms with Crippen LogP contribution in [-0.4, -0.2) is 0 Å². The zero-order chi connectivity index (χ0) is 13.1. The van der Waals surface area contributed by atoms with E-state index in [1.165, 1.54) is 5.56 Å². The van der Waals surface area contributed by atoms with E-state index in [-0.39, 0.29) is 6.04 Å². The maximum atomic E-state index is 5.84. The summed E-state index contributed by atoms with van der Waals surface area (Å²) in [5, 5.41) is 0. The fraction of sp³-hybridized carbons (Fsp3) is 0.200. The van der Waals surface area contributed by atoms with Crippen LogP contribution in [0.1, 0.15) is 24.1 Å². The van der Waals surface area contributed by atoms with E-state index in [9.17, 15) is 0 Å². The predicted molar refractivity (Wildman–Crippen MR) is 78.0 cm³/mol. The molecular weight excluding hydrogens is 290 g/mol. The van der Waals surface area contributed by atoms with Gasteiger partial charge in [-0.25, -0.2) is 0 Å². The average Bonchev–Trinajstić information content (AvgIpc) is 2.34. The molecule has 0 saturated heterocycles. The Morgan fingerprint density at radius 2 is 1.78 bits per heavy atom. The van der Waals surface area contributed by atoms with Crippen LogP contribution in [0.4, 0.5) is 0 Å². The Bertz CT molecular complexity index is 535. The maximum Gasteiger partial charge on any atom is 0.141 e. The van der Waals surface area contributed by atoms with E-state index in [1.807, 2.05) is 49.4 Å². The zero-order valence-electron chi connectivity index (χ0n) is 10.5. The van der Waals surface area contributed by atoms with Gasteiger partial charge in [-0.1, -0.05) is 23.8 Å². The molecule has 0 amide bonds. The van der Waals surface area contributed by atoms with Gasteiger partial charge in [-0.2, -0.15) is 0 Å². The van der Waals surface area contributed by atoms with E-state index in [0.717, 1.165) is 21.5 Å². The smallest absolute Gasteiger partial charge is 0.141 e. The van der Waals surface area contributed by atoms with Crippen molar-refractivity contribution in [3.63, 3.8) is 0 Å². The summed E-state index contributed by atoms with van der Waals surface area (Å²) in [4.78, 5) is 0. The Labute approximate surface area is 116 Å². The Morgan fingerprint density at radius 1 is 1.11 bits per heavy atom. The maximum absolute atomic E-state index is 5.84. The number of hydrogen-bond donors (Lipinski definition) is 1. The van der Waals surface area contributed by atoms with E-state index < -0.39 is 0 Å². The monoisotopic (exact) mass is 305 g/mol. The van der Waals surface area contributed by atoms with Crippen LogP contribution < -0.4 is 10.5 Å². The molecule has 0 aliphatic heterocycles. The summed E-state index contributed by atoms with van der Waals surface area (Å²) in [5.41, 5.74) is 8.14. The standard InChI is InChI=1S/C15H16BrNO/c1-10-3-6-13(7-4-10)18-15-8-5-12(11(2)17)9-14(15)16/h3-9,11H,17H2,1-2H3/t11-/m1/s1. The molecule has 0 radical (unpaired) electrons. The van der Waals surface area contributed by atoms with E-state index >= 15 is 0 Å². The summed E-state index contributed by atoms with van der Waals surface area (Å²) in [6.07, 6.45) is 0. The van der Waals surface area contributed by atoms with E-state index in [2.05, 4.69) is 22.9 Å². The zero-order valence-corrected chi connectivity index (χ0v) is 12.1. The highest BCUT2D eigenvalue weighted by Gasteiger charge is 2.06. The molecule has 0 fully saturated rings. The third-order valence-corrected chi connectivity index (χ3v) is 3.35. The van der Waals surface area contributed by atoms with Crippen LogP contribution in [0.25, 0.3) is 0 Å². The highest BCUT2D eigenvalue weighted by atomic mass is 79.9. The van der Waals surface area contributed by atoms with Crippen LogP contribution >= 0.6 is 15.9 Å². The normalized spacial score (nSPS) is 12.2. The Balaban J connectivity index is 2.22. The Kier molecular flexibility index (Phi) is 4.04. The number of halogens is 1. The minimum absolute atomic E-state index is 0.0229. The number of aryl methyl sites for hydroxylation is 1. The lowest BCUT2D eigenvalue weighted by Gasteiger charge is -2.11. The van der Waals surface area contributed by atoms with Gasteiger partial charge in [-0.05, 0) is 59.6 Å². The van der Waals surface area contributed by atoms with Crippen LogP contribution in [-0.2, 0) is 0 Å². The van der Waals surface area contributed by atoms with Gasteiger partial charge < -0.3 is 10.5 Å². The van der Waals surface area contributed by atoms with E-state index in [0.29, 0.717) is 0 Å². The third kappa shape index (κ3) is 3.12. The van der Waals surface area contributed by atoms with Crippen molar-refractivity contribution in [3.05, 3.63) is 58.1 Å². The van der Waals surface area contributed by atoms with Crippen molar-refractivity contribution in [2.75, 3.05) is 0 Å². The molecule has 3 heteroatoms. The molecule has 0 aromatic heterocycles. The summed E-state index contributed by atoms with van der Waals surface area (Å²) in [6, 6.07) is 13.9. The Morgan fingerprint density at radius 3 is 2.33 bits per heavy atom. The lowest BCUT2D eigenvalue weighted by Crippen LogP contribution is -2.04. The minimum Gasteiger partial charge on any atom is -0.456 e. The highest BCUT2D eigenvalue weighted by molar-refractivity contribution is 9.10. The minimum atomic E-state index is 0.0229. The van der Waals surface area contributed by atoms with Crippen molar-refractivity contribution in [2.24, 2.45) is 5.73 Å². The molecule has 94 valence electrons. The molecule has 0 unspecified atom stereocenters. The number of nitrogens with two attached hydrogens (primary N) is 1. The highest BCUT2D eigenvalue weighted by Crippen LogP contribution is 2.31. The number of ether oxygens (including phenoxy) is 1. The van der Waals surface area contributed by atoms with Gasteiger partial charge in [0, 0.05) is 6.04 Å². The van der Waals surface area contributed by atoms with Crippen LogP contribution in [0, 0.1) is 6.92 Å². The van der Waals surface area contributed by atoms with Gasteiger partial charge in [0.25, 0.3) is 0 Å². The molecule has 0 spiro atoms. The van der Waals surface area contributed by atoms with Gasteiger partial charge in [-0.15, -0.1) is 0 Å². The first-order valence-corrected chi connectivity index (χ1v) is 6.65. The fourth-order valence-corrected chi connectivity index (χ4v) is 2.09. The van der Waals surface area contributed by atoms with Gasteiger partial charge in [-0.3, -0.25) is 0 Å². The topological polar surface area (TPSA) is 35.2 Å². The van der Waals surface area contributed by atoms with Crippen molar-refractivity contribution in [3.8, 4) is 11.5 Å². The van der Waals surface area contributed by atoms with Crippen molar-refractivity contribution < 1.29 is 4.74 Å². The molecular formula is C15H16BrNO. The fourth-order valence-electron chi connectivity index (χ4n) is 1.62. The first kappa shape index (κ1) is 13.1. The summed E-state index contributed by atoms with van der Waals surface area (Å²) in [6.45, 7) is 4.01. The molecule has 0 saturated carbocycles. The molecule has 0 bridgehead atoms. The van der Waals surface area contributed by atoms with Crippen molar-refractivity contribution in [1.82, 2.24) is 0 Å². The first-order chi connectivity index (χ1) is 8.56. The van der Waals surface area contributed by atoms with E-state index in [1.54, 1.807) is 0 Å². The summed E-state index contributed by atoms with van der Waals surface area (Å²) >= 11 is 3.51. The number of benzene rings is 2. The summed E-state index contributed by atoms with van der Waals surface area (Å²) in [5.74, 6) is 1.62. The lowest BCUT2D eigenvalue weighted by molar-refractivity contribution is 0.479.